The van der Waals surface area contributed by atoms with Crippen molar-refractivity contribution in [1.82, 2.24) is 9.97 Å². The van der Waals surface area contributed by atoms with E-state index in [9.17, 15) is 0 Å². The van der Waals surface area contributed by atoms with Crippen LogP contribution in [0.3, 0.4) is 0 Å². The zero-order valence-corrected chi connectivity index (χ0v) is 13.0. The molecule has 22 heavy (non-hydrogen) atoms. The van der Waals surface area contributed by atoms with Gasteiger partial charge in [-0.05, 0) is 48.4 Å². The molecule has 0 fully saturated rings. The third-order valence-electron chi connectivity index (χ3n) is 3.23. The first-order chi connectivity index (χ1) is 10.7. The number of anilines is 1. The second-order valence-corrected chi connectivity index (χ2v) is 5.29. The second kappa shape index (κ2) is 6.62. The van der Waals surface area contributed by atoms with E-state index in [0.717, 1.165) is 22.5 Å². The first-order valence-corrected chi connectivity index (χ1v) is 7.46. The lowest BCUT2D eigenvalue weighted by atomic mass is 10.2. The monoisotopic (exact) mass is 313 g/mol. The molecule has 1 heterocycles. The summed E-state index contributed by atoms with van der Waals surface area (Å²) >= 11 is 5.96. The Bertz CT molecular complexity index is 792. The van der Waals surface area contributed by atoms with Crippen molar-refractivity contribution in [2.24, 2.45) is 0 Å². The maximum absolute atomic E-state index is 5.96. The van der Waals surface area contributed by atoms with E-state index in [1.807, 2.05) is 55.5 Å². The van der Waals surface area contributed by atoms with Gasteiger partial charge < -0.3 is 10.1 Å². The molecular weight excluding hydrogens is 298 g/mol. The van der Waals surface area contributed by atoms with Gasteiger partial charge in [0.2, 0.25) is 5.28 Å². The maximum atomic E-state index is 5.96. The number of aromatic nitrogens is 2. The normalized spacial score (nSPS) is 10.6. The van der Waals surface area contributed by atoms with Gasteiger partial charge in [0.05, 0.1) is 12.1 Å². The van der Waals surface area contributed by atoms with Gasteiger partial charge in [-0.25, -0.2) is 9.97 Å². The molecule has 0 aliphatic carbocycles. The average Bonchev–Trinajstić information content (AvgIpc) is 2.51. The SMILES string of the molecule is Cc1cccc(OCCNc2nc(Cl)nc3ccccc23)c1. The minimum Gasteiger partial charge on any atom is -0.492 e. The number of nitrogens with one attached hydrogen (secondary N) is 1. The van der Waals surface area contributed by atoms with Gasteiger partial charge in [0.25, 0.3) is 0 Å². The number of nitrogens with zero attached hydrogens (tertiary/aromatic N) is 2. The van der Waals surface area contributed by atoms with Crippen LogP contribution in [0.1, 0.15) is 5.56 Å². The van der Waals surface area contributed by atoms with Crippen LogP contribution in [0.25, 0.3) is 10.9 Å². The first-order valence-electron chi connectivity index (χ1n) is 7.08. The Kier molecular flexibility index (Phi) is 4.39. The average molecular weight is 314 g/mol. The molecular formula is C17H16ClN3O. The predicted molar refractivity (Wildman–Crippen MR) is 89.7 cm³/mol. The Morgan fingerprint density at radius 3 is 2.82 bits per heavy atom. The van der Waals surface area contributed by atoms with Crippen LogP contribution in [0, 0.1) is 6.92 Å². The van der Waals surface area contributed by atoms with Crippen molar-refractivity contribution in [2.75, 3.05) is 18.5 Å². The van der Waals surface area contributed by atoms with Crippen molar-refractivity contribution in [3.05, 3.63) is 59.4 Å². The van der Waals surface area contributed by atoms with Crippen molar-refractivity contribution in [3.8, 4) is 5.75 Å². The van der Waals surface area contributed by atoms with Crippen LogP contribution in [0.2, 0.25) is 5.28 Å². The summed E-state index contributed by atoms with van der Waals surface area (Å²) in [5.74, 6) is 1.59. The maximum Gasteiger partial charge on any atom is 0.224 e. The lowest BCUT2D eigenvalue weighted by molar-refractivity contribution is 0.332. The number of para-hydroxylation sites is 1. The molecule has 0 aliphatic heterocycles. The van der Waals surface area contributed by atoms with Gasteiger partial charge in [-0.15, -0.1) is 0 Å². The number of hydrogen-bond acceptors (Lipinski definition) is 4. The van der Waals surface area contributed by atoms with Crippen LogP contribution >= 0.6 is 11.6 Å². The quantitative estimate of drug-likeness (QED) is 0.569. The van der Waals surface area contributed by atoms with Crippen molar-refractivity contribution in [3.63, 3.8) is 0 Å². The van der Waals surface area contributed by atoms with E-state index in [-0.39, 0.29) is 5.28 Å². The molecule has 0 amide bonds. The molecule has 0 spiro atoms. The number of hydrogen-bond donors (Lipinski definition) is 1. The molecule has 3 aromatic rings. The van der Waals surface area contributed by atoms with Gasteiger partial charge in [-0.3, -0.25) is 0 Å². The topological polar surface area (TPSA) is 47.0 Å². The number of ether oxygens (including phenoxy) is 1. The van der Waals surface area contributed by atoms with E-state index in [0.29, 0.717) is 13.2 Å². The molecule has 0 saturated carbocycles. The van der Waals surface area contributed by atoms with E-state index in [4.69, 9.17) is 16.3 Å². The fourth-order valence-corrected chi connectivity index (χ4v) is 2.40. The molecule has 0 radical (unpaired) electrons. The van der Waals surface area contributed by atoms with Crippen LogP contribution < -0.4 is 10.1 Å². The summed E-state index contributed by atoms with van der Waals surface area (Å²) in [5, 5.41) is 4.44. The summed E-state index contributed by atoms with van der Waals surface area (Å²) in [6, 6.07) is 15.7. The molecule has 0 bridgehead atoms. The fraction of sp³-hybridized carbons (Fsp3) is 0.176. The molecule has 0 unspecified atom stereocenters. The Morgan fingerprint density at radius 2 is 1.95 bits per heavy atom. The number of rotatable bonds is 5. The Morgan fingerprint density at radius 1 is 1.09 bits per heavy atom. The van der Waals surface area contributed by atoms with E-state index in [1.54, 1.807) is 0 Å². The van der Waals surface area contributed by atoms with Gasteiger partial charge in [-0.2, -0.15) is 0 Å². The fourth-order valence-electron chi connectivity index (χ4n) is 2.23. The lowest BCUT2D eigenvalue weighted by Gasteiger charge is -2.10. The second-order valence-electron chi connectivity index (χ2n) is 4.95. The Hall–Kier alpha value is -2.33. The zero-order chi connectivity index (χ0) is 15.4. The van der Waals surface area contributed by atoms with Gasteiger partial charge in [0.1, 0.15) is 18.2 Å². The van der Waals surface area contributed by atoms with Crippen molar-refractivity contribution >= 4 is 28.3 Å². The van der Waals surface area contributed by atoms with Crippen molar-refractivity contribution in [1.29, 1.82) is 0 Å². The molecule has 5 heteroatoms. The number of halogens is 1. The smallest absolute Gasteiger partial charge is 0.224 e. The summed E-state index contributed by atoms with van der Waals surface area (Å²) < 4.78 is 5.71. The lowest BCUT2D eigenvalue weighted by Crippen LogP contribution is -2.13. The van der Waals surface area contributed by atoms with E-state index in [1.165, 1.54) is 5.56 Å². The van der Waals surface area contributed by atoms with E-state index >= 15 is 0 Å². The highest BCUT2D eigenvalue weighted by Crippen LogP contribution is 2.21. The molecule has 4 nitrogen and oxygen atoms in total. The van der Waals surface area contributed by atoms with Crippen molar-refractivity contribution in [2.45, 2.75) is 6.92 Å². The van der Waals surface area contributed by atoms with Gasteiger partial charge in [0, 0.05) is 5.39 Å². The van der Waals surface area contributed by atoms with Crippen LogP contribution in [-0.2, 0) is 0 Å². The molecule has 2 aromatic carbocycles. The van der Waals surface area contributed by atoms with Crippen LogP contribution in [0.15, 0.2) is 48.5 Å². The third kappa shape index (κ3) is 3.46. The molecule has 3 rings (SSSR count). The van der Waals surface area contributed by atoms with E-state index < -0.39 is 0 Å². The number of fused-ring (bicyclic) bond motifs is 1. The largest absolute Gasteiger partial charge is 0.492 e. The highest BCUT2D eigenvalue weighted by atomic mass is 35.5. The summed E-state index contributed by atoms with van der Waals surface area (Å²) in [6.07, 6.45) is 0. The summed E-state index contributed by atoms with van der Waals surface area (Å²) in [7, 11) is 0. The molecule has 0 atom stereocenters. The minimum absolute atomic E-state index is 0.237. The van der Waals surface area contributed by atoms with Crippen LogP contribution in [0.4, 0.5) is 5.82 Å². The summed E-state index contributed by atoms with van der Waals surface area (Å²) in [4.78, 5) is 8.45. The van der Waals surface area contributed by atoms with E-state index in [2.05, 4.69) is 15.3 Å². The third-order valence-corrected chi connectivity index (χ3v) is 3.40. The minimum atomic E-state index is 0.237. The summed E-state index contributed by atoms with van der Waals surface area (Å²) in [5.41, 5.74) is 2.00. The number of aryl methyl sites for hydroxylation is 1. The standard InChI is InChI=1S/C17H16ClN3O/c1-12-5-4-6-13(11-12)22-10-9-19-16-14-7-2-3-8-15(14)20-17(18)21-16/h2-8,11H,9-10H2,1H3,(H,19,20,21). The van der Waals surface area contributed by atoms with Crippen LogP contribution in [-0.4, -0.2) is 23.1 Å². The highest BCUT2D eigenvalue weighted by molar-refractivity contribution is 6.28. The molecule has 112 valence electrons. The van der Waals surface area contributed by atoms with Crippen LogP contribution in [0.5, 0.6) is 5.75 Å². The highest BCUT2D eigenvalue weighted by Gasteiger charge is 2.05. The number of benzene rings is 2. The Labute approximate surface area is 134 Å². The molecule has 1 N–H and O–H groups in total. The van der Waals surface area contributed by atoms with Crippen molar-refractivity contribution < 1.29 is 4.74 Å². The summed E-state index contributed by atoms with van der Waals surface area (Å²) in [6.45, 7) is 3.21. The molecule has 0 saturated heterocycles. The predicted octanol–water partition coefficient (Wildman–Crippen LogP) is 4.08. The molecule has 0 aliphatic rings. The van der Waals surface area contributed by atoms with Gasteiger partial charge in [0.15, 0.2) is 0 Å². The van der Waals surface area contributed by atoms with Gasteiger partial charge in [-0.1, -0.05) is 24.3 Å². The first kappa shape index (κ1) is 14.6. The zero-order valence-electron chi connectivity index (χ0n) is 12.2. The van der Waals surface area contributed by atoms with Gasteiger partial charge >= 0.3 is 0 Å². The Balaban J connectivity index is 1.64. The molecule has 1 aromatic heterocycles.